The molecule has 3 aromatic rings. The van der Waals surface area contributed by atoms with E-state index in [9.17, 15) is 0 Å². The number of benzene rings is 2. The summed E-state index contributed by atoms with van der Waals surface area (Å²) in [7, 11) is 3.14. The molecule has 6 heteroatoms. The van der Waals surface area contributed by atoms with E-state index < -0.39 is 0 Å². The van der Waals surface area contributed by atoms with Crippen LogP contribution >= 0.6 is 0 Å². The molecule has 0 saturated carbocycles. The smallest absolute Gasteiger partial charge is 0.254 e. The second kappa shape index (κ2) is 6.83. The molecule has 1 heterocycles. The maximum absolute atomic E-state index is 5.70. The Morgan fingerprint density at radius 1 is 0.870 bits per heavy atom. The molecule has 2 aromatic carbocycles. The molecule has 0 N–H and O–H groups in total. The van der Waals surface area contributed by atoms with E-state index in [1.165, 1.54) is 0 Å². The lowest BCUT2D eigenvalue weighted by Crippen LogP contribution is -1.99. The highest BCUT2D eigenvalue weighted by Crippen LogP contribution is 2.36. The fourth-order valence-corrected chi connectivity index (χ4v) is 2.12. The van der Waals surface area contributed by atoms with Crippen molar-refractivity contribution in [2.24, 2.45) is 0 Å². The van der Waals surface area contributed by atoms with E-state index in [2.05, 4.69) is 10.2 Å². The molecule has 0 bridgehead atoms. The van der Waals surface area contributed by atoms with Gasteiger partial charge in [-0.15, -0.1) is 10.2 Å². The number of nitrogens with zero attached hydrogens (tertiary/aromatic N) is 2. The van der Waals surface area contributed by atoms with E-state index in [1.54, 1.807) is 26.4 Å². The number of ether oxygens (including phenoxy) is 3. The van der Waals surface area contributed by atoms with Crippen molar-refractivity contribution >= 4 is 0 Å². The van der Waals surface area contributed by atoms with E-state index in [0.29, 0.717) is 29.0 Å². The number of aromatic nitrogens is 2. The van der Waals surface area contributed by atoms with Crippen LogP contribution in [0.4, 0.5) is 0 Å². The molecular weight excluding hydrogens is 296 g/mol. The summed E-state index contributed by atoms with van der Waals surface area (Å²) in [5.74, 6) is 2.51. The van der Waals surface area contributed by atoms with E-state index in [-0.39, 0.29) is 6.61 Å². The molecule has 0 unspecified atom stereocenters. The van der Waals surface area contributed by atoms with Gasteiger partial charge in [0.2, 0.25) is 11.6 Å². The van der Waals surface area contributed by atoms with Crippen LogP contribution in [0.3, 0.4) is 0 Å². The molecule has 0 amide bonds. The Labute approximate surface area is 133 Å². The van der Waals surface area contributed by atoms with E-state index in [0.717, 1.165) is 5.56 Å². The molecule has 0 saturated heterocycles. The largest absolute Gasteiger partial charge is 0.493 e. The van der Waals surface area contributed by atoms with Crippen molar-refractivity contribution in [2.75, 3.05) is 14.2 Å². The average Bonchev–Trinajstić information content (AvgIpc) is 3.09. The molecule has 0 spiro atoms. The Hall–Kier alpha value is -3.02. The summed E-state index contributed by atoms with van der Waals surface area (Å²) in [5, 5.41) is 8.01. The van der Waals surface area contributed by atoms with Crippen molar-refractivity contribution in [3.63, 3.8) is 0 Å². The van der Waals surface area contributed by atoms with Crippen LogP contribution < -0.4 is 14.2 Å². The normalized spacial score (nSPS) is 10.3. The zero-order valence-corrected chi connectivity index (χ0v) is 12.9. The van der Waals surface area contributed by atoms with Crippen molar-refractivity contribution < 1.29 is 18.6 Å². The van der Waals surface area contributed by atoms with Gasteiger partial charge in [0.1, 0.15) is 0 Å². The lowest BCUT2D eigenvalue weighted by atomic mass is 10.2. The second-order valence-electron chi connectivity index (χ2n) is 4.65. The maximum atomic E-state index is 5.70. The third-order valence-corrected chi connectivity index (χ3v) is 3.21. The van der Waals surface area contributed by atoms with Crippen LogP contribution in [0.2, 0.25) is 0 Å². The van der Waals surface area contributed by atoms with Crippen LogP contribution in [0.1, 0.15) is 5.89 Å². The van der Waals surface area contributed by atoms with Crippen molar-refractivity contribution in [2.45, 2.75) is 6.61 Å². The minimum atomic E-state index is 0.142. The van der Waals surface area contributed by atoms with Gasteiger partial charge in [0.15, 0.2) is 18.1 Å². The zero-order chi connectivity index (χ0) is 16.1. The van der Waals surface area contributed by atoms with Crippen LogP contribution in [-0.2, 0) is 6.61 Å². The Kier molecular flexibility index (Phi) is 4.42. The van der Waals surface area contributed by atoms with Gasteiger partial charge >= 0.3 is 0 Å². The summed E-state index contributed by atoms with van der Waals surface area (Å²) in [6.07, 6.45) is 0. The number of rotatable bonds is 6. The first-order valence-corrected chi connectivity index (χ1v) is 7.03. The summed E-state index contributed by atoms with van der Waals surface area (Å²) < 4.78 is 21.9. The highest BCUT2D eigenvalue weighted by Gasteiger charge is 2.13. The van der Waals surface area contributed by atoms with Gasteiger partial charge in [-0.2, -0.15) is 0 Å². The first-order chi connectivity index (χ1) is 11.3. The van der Waals surface area contributed by atoms with E-state index >= 15 is 0 Å². The standard InChI is InChI=1S/C17H16N2O4/c1-20-13-9-6-10-14(16(13)21-2)22-11-15-18-19-17(23-15)12-7-4-3-5-8-12/h3-10H,11H2,1-2H3. The van der Waals surface area contributed by atoms with Gasteiger partial charge in [0.25, 0.3) is 5.89 Å². The summed E-state index contributed by atoms with van der Waals surface area (Å²) in [6, 6.07) is 15.0. The second-order valence-corrected chi connectivity index (χ2v) is 4.65. The first-order valence-electron chi connectivity index (χ1n) is 7.03. The fraction of sp³-hybridized carbons (Fsp3) is 0.176. The van der Waals surface area contributed by atoms with Crippen LogP contribution in [-0.4, -0.2) is 24.4 Å². The Bertz CT molecular complexity index is 771. The summed E-state index contributed by atoms with van der Waals surface area (Å²) in [5.41, 5.74) is 0.866. The van der Waals surface area contributed by atoms with Crippen molar-refractivity contribution in [3.05, 3.63) is 54.4 Å². The van der Waals surface area contributed by atoms with Gasteiger partial charge in [-0.1, -0.05) is 24.3 Å². The molecule has 6 nitrogen and oxygen atoms in total. The number of para-hydroxylation sites is 1. The van der Waals surface area contributed by atoms with Crippen LogP contribution in [0.5, 0.6) is 17.2 Å². The van der Waals surface area contributed by atoms with Crippen LogP contribution in [0.15, 0.2) is 52.9 Å². The monoisotopic (exact) mass is 312 g/mol. The van der Waals surface area contributed by atoms with Gasteiger partial charge in [-0.25, -0.2) is 0 Å². The highest BCUT2D eigenvalue weighted by atomic mass is 16.5. The summed E-state index contributed by atoms with van der Waals surface area (Å²) in [6.45, 7) is 0.142. The summed E-state index contributed by atoms with van der Waals surface area (Å²) >= 11 is 0. The minimum absolute atomic E-state index is 0.142. The number of hydrogen-bond donors (Lipinski definition) is 0. The lowest BCUT2D eigenvalue weighted by molar-refractivity contribution is 0.246. The van der Waals surface area contributed by atoms with Crippen molar-refractivity contribution in [1.29, 1.82) is 0 Å². The molecule has 0 aliphatic carbocycles. The maximum Gasteiger partial charge on any atom is 0.254 e. The third kappa shape index (κ3) is 3.26. The molecule has 118 valence electrons. The summed E-state index contributed by atoms with van der Waals surface area (Å²) in [4.78, 5) is 0. The molecule has 0 radical (unpaired) electrons. The molecule has 0 aliphatic heterocycles. The number of hydrogen-bond acceptors (Lipinski definition) is 6. The molecule has 1 aromatic heterocycles. The third-order valence-electron chi connectivity index (χ3n) is 3.21. The van der Waals surface area contributed by atoms with Gasteiger partial charge in [-0.05, 0) is 24.3 Å². The predicted molar refractivity (Wildman–Crippen MR) is 83.6 cm³/mol. The Morgan fingerprint density at radius 2 is 1.65 bits per heavy atom. The lowest BCUT2D eigenvalue weighted by Gasteiger charge is -2.12. The highest BCUT2D eigenvalue weighted by molar-refractivity contribution is 5.52. The van der Waals surface area contributed by atoms with Gasteiger partial charge < -0.3 is 18.6 Å². The SMILES string of the molecule is COc1cccc(OCc2nnc(-c3ccccc3)o2)c1OC. The Balaban J connectivity index is 1.73. The molecule has 0 aliphatic rings. The fourth-order valence-electron chi connectivity index (χ4n) is 2.12. The quantitative estimate of drug-likeness (QED) is 0.695. The molecule has 3 rings (SSSR count). The predicted octanol–water partition coefficient (Wildman–Crippen LogP) is 3.33. The van der Waals surface area contributed by atoms with E-state index in [1.807, 2.05) is 36.4 Å². The van der Waals surface area contributed by atoms with Gasteiger partial charge in [-0.3, -0.25) is 0 Å². The first kappa shape index (κ1) is 14.9. The van der Waals surface area contributed by atoms with E-state index in [4.69, 9.17) is 18.6 Å². The van der Waals surface area contributed by atoms with Gasteiger partial charge in [0.05, 0.1) is 14.2 Å². The molecule has 0 atom stereocenters. The minimum Gasteiger partial charge on any atom is -0.493 e. The molecular formula is C17H16N2O4. The van der Waals surface area contributed by atoms with Crippen molar-refractivity contribution in [1.82, 2.24) is 10.2 Å². The number of methoxy groups -OCH3 is 2. The van der Waals surface area contributed by atoms with Gasteiger partial charge in [0, 0.05) is 5.56 Å². The molecule has 0 fully saturated rings. The van der Waals surface area contributed by atoms with Crippen LogP contribution in [0, 0.1) is 0 Å². The zero-order valence-electron chi connectivity index (χ0n) is 12.9. The Morgan fingerprint density at radius 3 is 2.39 bits per heavy atom. The average molecular weight is 312 g/mol. The van der Waals surface area contributed by atoms with Crippen molar-refractivity contribution in [3.8, 4) is 28.7 Å². The molecule has 23 heavy (non-hydrogen) atoms. The van der Waals surface area contributed by atoms with Crippen LogP contribution in [0.25, 0.3) is 11.5 Å². The topological polar surface area (TPSA) is 66.6 Å².